The molecule has 1 aliphatic carbocycles. The van der Waals surface area contributed by atoms with Crippen molar-refractivity contribution in [1.29, 1.82) is 0 Å². The monoisotopic (exact) mass is 323 g/mol. The molecule has 106 valence electrons. The van der Waals surface area contributed by atoms with E-state index in [1.807, 2.05) is 0 Å². The number of likely N-dealkylation sites (tertiary alicyclic amines) is 1. The second-order valence-corrected chi connectivity index (χ2v) is 7.38. The molecule has 0 spiro atoms. The molecule has 19 heavy (non-hydrogen) atoms. The Morgan fingerprint density at radius 2 is 1.95 bits per heavy atom. The molecule has 0 aromatic heterocycles. The Labute approximate surface area is 125 Å². The molecule has 1 unspecified atom stereocenters. The SMILES string of the molecule is N[C@@H]1CCN(C2=CCN(C3CCCCC3)C([AsH2])=C2)C1. The summed E-state index contributed by atoms with van der Waals surface area (Å²) >= 11 is 1.77. The van der Waals surface area contributed by atoms with Gasteiger partial charge >= 0.3 is 125 Å². The Bertz CT molecular complexity index is 385. The van der Waals surface area contributed by atoms with Crippen molar-refractivity contribution >= 4 is 16.9 Å². The average molecular weight is 323 g/mol. The molecule has 3 rings (SSSR count). The zero-order chi connectivity index (χ0) is 13.2. The van der Waals surface area contributed by atoms with Crippen LogP contribution in [0.3, 0.4) is 0 Å². The third-order valence-corrected chi connectivity index (χ3v) is 5.78. The summed E-state index contributed by atoms with van der Waals surface area (Å²) in [6, 6.07) is 1.17. The minimum absolute atomic E-state index is 0.372. The molecule has 3 aliphatic rings. The first-order valence-corrected chi connectivity index (χ1v) is 8.89. The minimum atomic E-state index is 0.372. The molecule has 2 heterocycles. The van der Waals surface area contributed by atoms with E-state index in [1.165, 1.54) is 42.3 Å². The van der Waals surface area contributed by atoms with Gasteiger partial charge < -0.3 is 0 Å². The zero-order valence-corrected chi connectivity index (χ0v) is 14.1. The molecule has 0 bridgehead atoms. The van der Waals surface area contributed by atoms with Gasteiger partial charge in [-0.05, 0) is 0 Å². The van der Waals surface area contributed by atoms with Crippen molar-refractivity contribution in [3.05, 3.63) is 22.3 Å². The molecule has 2 atom stereocenters. The van der Waals surface area contributed by atoms with E-state index in [2.05, 4.69) is 22.0 Å². The first-order chi connectivity index (χ1) is 9.24. The van der Waals surface area contributed by atoms with Crippen LogP contribution in [0.5, 0.6) is 0 Å². The summed E-state index contributed by atoms with van der Waals surface area (Å²) in [6.07, 6.45) is 13.0. The van der Waals surface area contributed by atoms with Crippen LogP contribution in [0.1, 0.15) is 38.5 Å². The molecule has 0 radical (unpaired) electrons. The van der Waals surface area contributed by atoms with Crippen molar-refractivity contribution in [3.63, 3.8) is 0 Å². The fraction of sp³-hybridized carbons (Fsp3) is 0.733. The van der Waals surface area contributed by atoms with Crippen molar-refractivity contribution in [3.8, 4) is 0 Å². The van der Waals surface area contributed by atoms with E-state index < -0.39 is 0 Å². The van der Waals surface area contributed by atoms with Crippen LogP contribution in [-0.2, 0) is 0 Å². The van der Waals surface area contributed by atoms with Gasteiger partial charge in [-0.3, -0.25) is 0 Å². The fourth-order valence-corrected chi connectivity index (χ4v) is 4.61. The Morgan fingerprint density at radius 1 is 1.16 bits per heavy atom. The van der Waals surface area contributed by atoms with Gasteiger partial charge in [0, 0.05) is 0 Å². The van der Waals surface area contributed by atoms with Crippen LogP contribution < -0.4 is 5.73 Å². The molecule has 1 saturated heterocycles. The molecule has 3 nitrogen and oxygen atoms in total. The van der Waals surface area contributed by atoms with Gasteiger partial charge in [0.2, 0.25) is 0 Å². The van der Waals surface area contributed by atoms with Crippen LogP contribution in [0.25, 0.3) is 0 Å². The first kappa shape index (κ1) is 13.6. The third kappa shape index (κ3) is 3.03. The quantitative estimate of drug-likeness (QED) is 0.771. The summed E-state index contributed by atoms with van der Waals surface area (Å²) in [5.74, 6) is 0. The number of rotatable bonds is 2. The maximum atomic E-state index is 6.01. The first-order valence-electron chi connectivity index (χ1n) is 7.68. The van der Waals surface area contributed by atoms with Gasteiger partial charge in [-0.1, -0.05) is 0 Å². The van der Waals surface area contributed by atoms with Gasteiger partial charge in [-0.15, -0.1) is 0 Å². The van der Waals surface area contributed by atoms with Crippen LogP contribution in [0, 0.1) is 0 Å². The van der Waals surface area contributed by atoms with Crippen LogP contribution >= 0.6 is 0 Å². The van der Waals surface area contributed by atoms with E-state index in [-0.39, 0.29) is 0 Å². The van der Waals surface area contributed by atoms with Crippen LogP contribution in [0.15, 0.2) is 22.3 Å². The zero-order valence-electron chi connectivity index (χ0n) is 11.7. The summed E-state index contributed by atoms with van der Waals surface area (Å²) in [7, 11) is 0. The molecular formula is C15H26AsN3. The second-order valence-electron chi connectivity index (χ2n) is 6.14. The van der Waals surface area contributed by atoms with E-state index in [0.29, 0.717) is 6.04 Å². The van der Waals surface area contributed by atoms with Crippen molar-refractivity contribution < 1.29 is 0 Å². The Balaban J connectivity index is 1.64. The molecule has 0 amide bonds. The summed E-state index contributed by atoms with van der Waals surface area (Å²) in [5.41, 5.74) is 7.43. The van der Waals surface area contributed by atoms with Gasteiger partial charge in [0.1, 0.15) is 0 Å². The van der Waals surface area contributed by atoms with Crippen LogP contribution in [-0.4, -0.2) is 58.4 Å². The topological polar surface area (TPSA) is 32.5 Å². The molecule has 2 N–H and O–H groups in total. The van der Waals surface area contributed by atoms with E-state index >= 15 is 0 Å². The van der Waals surface area contributed by atoms with E-state index in [4.69, 9.17) is 5.73 Å². The van der Waals surface area contributed by atoms with Gasteiger partial charge in [0.25, 0.3) is 0 Å². The Kier molecular flexibility index (Phi) is 4.24. The number of hydrogen-bond donors (Lipinski definition) is 1. The normalized spacial score (nSPS) is 29.5. The van der Waals surface area contributed by atoms with Crippen LogP contribution in [0.2, 0.25) is 0 Å². The summed E-state index contributed by atoms with van der Waals surface area (Å²) in [6.45, 7) is 3.27. The predicted molar refractivity (Wildman–Crippen MR) is 82.5 cm³/mol. The molecule has 0 aromatic carbocycles. The van der Waals surface area contributed by atoms with Gasteiger partial charge in [0.15, 0.2) is 0 Å². The third-order valence-electron chi connectivity index (χ3n) is 4.73. The average Bonchev–Trinajstić information content (AvgIpc) is 2.86. The van der Waals surface area contributed by atoms with E-state index in [9.17, 15) is 0 Å². The van der Waals surface area contributed by atoms with Crippen molar-refractivity contribution in [2.24, 2.45) is 5.73 Å². The van der Waals surface area contributed by atoms with Crippen LogP contribution in [0.4, 0.5) is 0 Å². The summed E-state index contributed by atoms with van der Waals surface area (Å²) in [5, 5.41) is 0. The number of nitrogens with two attached hydrogens (primary N) is 1. The van der Waals surface area contributed by atoms with Gasteiger partial charge in [-0.25, -0.2) is 0 Å². The predicted octanol–water partition coefficient (Wildman–Crippen LogP) is 1.03. The fourth-order valence-electron chi connectivity index (χ4n) is 3.59. The second kappa shape index (κ2) is 5.93. The summed E-state index contributed by atoms with van der Waals surface area (Å²) in [4.78, 5) is 5.10. The van der Waals surface area contributed by atoms with Gasteiger partial charge in [-0.2, -0.15) is 0 Å². The Hall–Kier alpha value is -0.402. The molecule has 2 aliphatic heterocycles. The molecular weight excluding hydrogens is 297 g/mol. The number of nitrogens with zero attached hydrogens (tertiary/aromatic N) is 2. The van der Waals surface area contributed by atoms with Crippen molar-refractivity contribution in [1.82, 2.24) is 9.80 Å². The van der Waals surface area contributed by atoms with E-state index in [0.717, 1.165) is 32.1 Å². The van der Waals surface area contributed by atoms with Crippen molar-refractivity contribution in [2.45, 2.75) is 50.6 Å². The maximum absolute atomic E-state index is 6.01. The molecule has 4 heteroatoms. The Morgan fingerprint density at radius 3 is 2.58 bits per heavy atom. The summed E-state index contributed by atoms with van der Waals surface area (Å²) < 4.78 is 1.51. The molecule has 0 aromatic rings. The number of hydrogen-bond acceptors (Lipinski definition) is 3. The van der Waals surface area contributed by atoms with E-state index in [1.54, 1.807) is 16.9 Å². The van der Waals surface area contributed by atoms with Gasteiger partial charge in [0.05, 0.1) is 0 Å². The molecule has 1 saturated carbocycles. The molecule has 2 fully saturated rings. The van der Waals surface area contributed by atoms with Crippen molar-refractivity contribution in [2.75, 3.05) is 19.6 Å². The number of allylic oxidation sites excluding steroid dienone is 1. The standard InChI is InChI=1S/C15H26AsN3/c16-15-10-14(18-8-6-12(17)11-18)7-9-19(15)13-4-2-1-3-5-13/h7,10,12-13H,1-6,8-9,11,16-17H2/t12-/m1/s1.